The molecule has 1 aromatic carbocycles. The average Bonchev–Trinajstić information content (AvgIpc) is 2.78. The van der Waals surface area contributed by atoms with E-state index in [4.69, 9.17) is 11.6 Å². The highest BCUT2D eigenvalue weighted by Gasteiger charge is 2.34. The number of halogens is 1. The average molecular weight is 331 g/mol. The van der Waals surface area contributed by atoms with Gasteiger partial charge in [0.1, 0.15) is 0 Å². The first-order valence-electron chi connectivity index (χ1n) is 6.53. The van der Waals surface area contributed by atoms with E-state index in [9.17, 15) is 9.59 Å². The monoisotopic (exact) mass is 330 g/mol. The van der Waals surface area contributed by atoms with Gasteiger partial charge in [-0.05, 0) is 53.2 Å². The minimum Gasteiger partial charge on any atom is -0.268 e. The van der Waals surface area contributed by atoms with Crippen molar-refractivity contribution >= 4 is 40.6 Å². The van der Waals surface area contributed by atoms with Crippen LogP contribution in [0.2, 0.25) is 5.02 Å². The Morgan fingerprint density at radius 1 is 1.09 bits per heavy atom. The van der Waals surface area contributed by atoms with Crippen molar-refractivity contribution in [2.45, 2.75) is 6.54 Å². The first-order valence-corrected chi connectivity index (χ1v) is 7.73. The largest absolute Gasteiger partial charge is 0.293 e. The van der Waals surface area contributed by atoms with Crippen molar-refractivity contribution in [2.24, 2.45) is 0 Å². The zero-order valence-corrected chi connectivity index (χ0v) is 13.0. The van der Waals surface area contributed by atoms with E-state index in [1.807, 2.05) is 0 Å². The first kappa shape index (κ1) is 14.8. The van der Waals surface area contributed by atoms with E-state index in [1.54, 1.807) is 54.9 Å². The van der Waals surface area contributed by atoms with Crippen molar-refractivity contribution in [1.82, 2.24) is 9.88 Å². The maximum absolute atomic E-state index is 12.4. The molecule has 0 aliphatic carbocycles. The number of aromatic nitrogens is 1. The molecule has 22 heavy (non-hydrogen) atoms. The number of carbonyl (C=O) groups excluding carboxylic acids is 2. The Morgan fingerprint density at radius 3 is 2.45 bits per heavy atom. The predicted octanol–water partition coefficient (Wildman–Crippen LogP) is 3.97. The van der Waals surface area contributed by atoms with Crippen molar-refractivity contribution in [3.05, 3.63) is 69.8 Å². The van der Waals surface area contributed by atoms with Crippen LogP contribution in [0.1, 0.15) is 11.1 Å². The smallest absolute Gasteiger partial charge is 0.268 e. The summed E-state index contributed by atoms with van der Waals surface area (Å²) >= 11 is 6.78. The van der Waals surface area contributed by atoms with Crippen LogP contribution in [0.15, 0.2) is 53.7 Å². The summed E-state index contributed by atoms with van der Waals surface area (Å²) in [7, 11) is 0. The van der Waals surface area contributed by atoms with Crippen LogP contribution in [0.25, 0.3) is 6.08 Å². The van der Waals surface area contributed by atoms with Crippen LogP contribution in [0.3, 0.4) is 0 Å². The van der Waals surface area contributed by atoms with Crippen LogP contribution < -0.4 is 0 Å². The number of carbonyl (C=O) groups is 2. The van der Waals surface area contributed by atoms with Crippen molar-refractivity contribution in [3.8, 4) is 0 Å². The lowest BCUT2D eigenvalue weighted by atomic mass is 10.2. The SMILES string of the molecule is O=C1S/C(=C\c2ccncc2)C(=O)N1Cc1ccc(Cl)cc1. The lowest BCUT2D eigenvalue weighted by Gasteiger charge is -2.12. The first-order chi connectivity index (χ1) is 10.6. The molecule has 3 rings (SSSR count). The van der Waals surface area contributed by atoms with Gasteiger partial charge in [0.25, 0.3) is 11.1 Å². The maximum Gasteiger partial charge on any atom is 0.293 e. The molecule has 0 N–H and O–H groups in total. The molecule has 110 valence electrons. The van der Waals surface area contributed by atoms with Crippen LogP contribution >= 0.6 is 23.4 Å². The summed E-state index contributed by atoms with van der Waals surface area (Å²) in [5.41, 5.74) is 1.70. The van der Waals surface area contributed by atoms with E-state index in [1.165, 1.54) is 4.90 Å². The highest BCUT2D eigenvalue weighted by molar-refractivity contribution is 8.18. The minimum absolute atomic E-state index is 0.246. The van der Waals surface area contributed by atoms with Gasteiger partial charge in [0.2, 0.25) is 0 Å². The Bertz CT molecular complexity index is 745. The van der Waals surface area contributed by atoms with Crippen LogP contribution in [-0.4, -0.2) is 21.0 Å². The second kappa shape index (κ2) is 6.34. The van der Waals surface area contributed by atoms with Crippen LogP contribution in [0.5, 0.6) is 0 Å². The summed E-state index contributed by atoms with van der Waals surface area (Å²) in [5, 5.41) is 0.357. The van der Waals surface area contributed by atoms with E-state index in [0.717, 1.165) is 22.9 Å². The summed E-state index contributed by atoms with van der Waals surface area (Å²) in [5.74, 6) is -0.276. The molecule has 6 heteroatoms. The van der Waals surface area contributed by atoms with Gasteiger partial charge in [0.15, 0.2) is 0 Å². The Morgan fingerprint density at radius 2 is 1.77 bits per heavy atom. The molecule has 0 unspecified atom stereocenters. The zero-order chi connectivity index (χ0) is 15.5. The summed E-state index contributed by atoms with van der Waals surface area (Å²) in [6.07, 6.45) is 4.99. The molecule has 0 saturated carbocycles. The van der Waals surface area contributed by atoms with Gasteiger partial charge in [-0.3, -0.25) is 19.5 Å². The topological polar surface area (TPSA) is 50.3 Å². The quantitative estimate of drug-likeness (QED) is 0.799. The second-order valence-electron chi connectivity index (χ2n) is 4.67. The van der Waals surface area contributed by atoms with E-state index in [2.05, 4.69) is 4.98 Å². The van der Waals surface area contributed by atoms with Crippen LogP contribution in [0, 0.1) is 0 Å². The molecule has 2 heterocycles. The van der Waals surface area contributed by atoms with Gasteiger partial charge in [-0.25, -0.2) is 0 Å². The molecule has 0 bridgehead atoms. The lowest BCUT2D eigenvalue weighted by Crippen LogP contribution is -2.27. The molecule has 2 aromatic rings. The summed E-state index contributed by atoms with van der Waals surface area (Å²) < 4.78 is 0. The van der Waals surface area contributed by atoms with Gasteiger partial charge in [0, 0.05) is 17.4 Å². The number of nitrogens with zero attached hydrogens (tertiary/aromatic N) is 2. The van der Waals surface area contributed by atoms with E-state index >= 15 is 0 Å². The highest BCUT2D eigenvalue weighted by atomic mass is 35.5. The van der Waals surface area contributed by atoms with Crippen molar-refractivity contribution < 1.29 is 9.59 Å². The molecule has 1 aliphatic heterocycles. The number of imide groups is 1. The number of thioether (sulfide) groups is 1. The molecule has 1 aromatic heterocycles. The second-order valence-corrected chi connectivity index (χ2v) is 6.10. The third kappa shape index (κ3) is 3.21. The van der Waals surface area contributed by atoms with Gasteiger partial charge in [-0.1, -0.05) is 23.7 Å². The number of hydrogen-bond donors (Lipinski definition) is 0. The standard InChI is InChI=1S/C16H11ClN2O2S/c17-13-3-1-12(2-4-13)10-19-15(20)14(22-16(19)21)9-11-5-7-18-8-6-11/h1-9H,10H2/b14-9-. The van der Waals surface area contributed by atoms with E-state index < -0.39 is 0 Å². The molecule has 0 spiro atoms. The van der Waals surface area contributed by atoms with E-state index in [-0.39, 0.29) is 17.7 Å². The zero-order valence-electron chi connectivity index (χ0n) is 11.4. The van der Waals surface area contributed by atoms with Crippen molar-refractivity contribution in [2.75, 3.05) is 0 Å². The lowest BCUT2D eigenvalue weighted by molar-refractivity contribution is -0.123. The molecule has 4 nitrogen and oxygen atoms in total. The van der Waals surface area contributed by atoms with Gasteiger partial charge in [0.05, 0.1) is 11.4 Å². The predicted molar refractivity (Wildman–Crippen MR) is 87.2 cm³/mol. The van der Waals surface area contributed by atoms with Crippen LogP contribution in [-0.2, 0) is 11.3 Å². The fourth-order valence-corrected chi connectivity index (χ4v) is 2.98. The summed E-state index contributed by atoms with van der Waals surface area (Å²) in [4.78, 5) is 30.0. The Kier molecular flexibility index (Phi) is 4.27. The van der Waals surface area contributed by atoms with Crippen molar-refractivity contribution in [1.29, 1.82) is 0 Å². The Labute approximate surface area is 136 Å². The molecule has 2 amide bonds. The molecular weight excluding hydrogens is 320 g/mol. The summed E-state index contributed by atoms with van der Waals surface area (Å²) in [6, 6.07) is 10.7. The molecule has 0 radical (unpaired) electrons. The molecule has 1 aliphatic rings. The van der Waals surface area contributed by atoms with E-state index in [0.29, 0.717) is 9.93 Å². The number of hydrogen-bond acceptors (Lipinski definition) is 4. The Hall–Kier alpha value is -2.11. The number of rotatable bonds is 3. The van der Waals surface area contributed by atoms with Crippen molar-refractivity contribution in [3.63, 3.8) is 0 Å². The highest BCUT2D eigenvalue weighted by Crippen LogP contribution is 2.33. The number of benzene rings is 1. The maximum atomic E-state index is 12.4. The third-order valence-corrected chi connectivity index (χ3v) is 4.29. The van der Waals surface area contributed by atoms with Gasteiger partial charge in [-0.15, -0.1) is 0 Å². The van der Waals surface area contributed by atoms with Gasteiger partial charge >= 0.3 is 0 Å². The fourth-order valence-electron chi connectivity index (χ4n) is 2.02. The molecule has 0 atom stereocenters. The van der Waals surface area contributed by atoms with Gasteiger partial charge in [-0.2, -0.15) is 0 Å². The number of amides is 2. The molecule has 1 fully saturated rings. The molecule has 1 saturated heterocycles. The molecular formula is C16H11ClN2O2S. The number of pyridine rings is 1. The van der Waals surface area contributed by atoms with Gasteiger partial charge < -0.3 is 0 Å². The van der Waals surface area contributed by atoms with Crippen LogP contribution in [0.4, 0.5) is 4.79 Å². The summed E-state index contributed by atoms with van der Waals surface area (Å²) in [6.45, 7) is 0.246. The minimum atomic E-state index is -0.276. The fraction of sp³-hybridized carbons (Fsp3) is 0.0625. The Balaban J connectivity index is 1.80. The normalized spacial score (nSPS) is 16.6. The third-order valence-electron chi connectivity index (χ3n) is 3.13.